The normalized spacial score (nSPS) is 12.2. The minimum atomic E-state index is -0.821. The highest BCUT2D eigenvalue weighted by atomic mass is 35.5. The summed E-state index contributed by atoms with van der Waals surface area (Å²) in [6, 6.07) is 9.25. The number of para-hydroxylation sites is 1. The van der Waals surface area contributed by atoms with Crippen molar-refractivity contribution in [2.75, 3.05) is 0 Å². The molecule has 130 valence electrons. The second-order valence-corrected chi connectivity index (χ2v) is 5.95. The maximum Gasteiger partial charge on any atom is 0.347 e. The van der Waals surface area contributed by atoms with Crippen LogP contribution in [0.1, 0.15) is 18.4 Å². The third-order valence-corrected chi connectivity index (χ3v) is 3.75. The number of benzene rings is 1. The first kappa shape index (κ1) is 17.2. The van der Waals surface area contributed by atoms with Gasteiger partial charge >= 0.3 is 5.97 Å². The van der Waals surface area contributed by atoms with Gasteiger partial charge in [-0.25, -0.2) is 14.8 Å². The number of fused-ring (bicyclic) bond motifs is 1. The van der Waals surface area contributed by atoms with E-state index in [2.05, 4.69) is 15.1 Å². The number of hydrogen-bond donors (Lipinski definition) is 0. The number of rotatable bonds is 5. The molecular weight excluding hydrogens is 344 g/mol. The quantitative estimate of drug-likeness (QED) is 0.514. The van der Waals surface area contributed by atoms with Gasteiger partial charge in [0, 0.05) is 12.7 Å². The number of aromatic nitrogens is 4. The van der Waals surface area contributed by atoms with Crippen molar-refractivity contribution in [1.82, 2.24) is 19.7 Å². The van der Waals surface area contributed by atoms with Gasteiger partial charge in [0.1, 0.15) is 5.15 Å². The summed E-state index contributed by atoms with van der Waals surface area (Å²) in [5, 5.41) is 5.44. The topological polar surface area (TPSA) is 79.1 Å². The summed E-state index contributed by atoms with van der Waals surface area (Å²) in [5.41, 5.74) is 1.62. The fraction of sp³-hybridized carbons (Fsp3) is 0.294. The van der Waals surface area contributed by atoms with Crippen LogP contribution in [0.25, 0.3) is 10.9 Å². The Morgan fingerprint density at radius 1 is 1.32 bits per heavy atom. The van der Waals surface area contributed by atoms with Crippen LogP contribution >= 0.6 is 11.6 Å². The number of halogens is 1. The van der Waals surface area contributed by atoms with Crippen molar-refractivity contribution in [1.29, 1.82) is 0 Å². The molecule has 0 aliphatic heterocycles. The third-order valence-electron chi connectivity index (χ3n) is 3.56. The summed E-state index contributed by atoms with van der Waals surface area (Å²) in [4.78, 5) is 20.3. The largest absolute Gasteiger partial charge is 0.461 e. The highest BCUT2D eigenvalue weighted by Gasteiger charge is 2.20. The predicted octanol–water partition coefficient (Wildman–Crippen LogP) is 2.84. The maximum absolute atomic E-state index is 12.2. The van der Waals surface area contributed by atoms with Gasteiger partial charge in [-0.15, -0.1) is 5.10 Å². The Hall–Kier alpha value is -2.67. The molecule has 0 radical (unpaired) electrons. The fourth-order valence-electron chi connectivity index (χ4n) is 2.39. The van der Waals surface area contributed by atoms with E-state index in [9.17, 15) is 4.79 Å². The van der Waals surface area contributed by atoms with Gasteiger partial charge < -0.3 is 9.47 Å². The van der Waals surface area contributed by atoms with Crippen LogP contribution in [0, 0.1) is 6.92 Å². The molecule has 1 unspecified atom stereocenters. The van der Waals surface area contributed by atoms with E-state index in [-0.39, 0.29) is 6.61 Å². The summed E-state index contributed by atoms with van der Waals surface area (Å²) in [6.45, 7) is 3.32. The Morgan fingerprint density at radius 3 is 2.84 bits per heavy atom. The molecule has 0 bridgehead atoms. The number of nitrogens with zero attached hydrogens (tertiary/aromatic N) is 4. The Labute approximate surface area is 149 Å². The van der Waals surface area contributed by atoms with E-state index in [0.29, 0.717) is 22.6 Å². The first-order valence-electron chi connectivity index (χ1n) is 7.69. The highest BCUT2D eigenvalue weighted by molar-refractivity contribution is 6.29. The van der Waals surface area contributed by atoms with E-state index in [4.69, 9.17) is 21.1 Å². The monoisotopic (exact) mass is 360 g/mol. The van der Waals surface area contributed by atoms with Gasteiger partial charge in [0.2, 0.25) is 5.88 Å². The first-order valence-corrected chi connectivity index (χ1v) is 8.07. The van der Waals surface area contributed by atoms with Crippen molar-refractivity contribution in [2.24, 2.45) is 7.05 Å². The van der Waals surface area contributed by atoms with E-state index >= 15 is 0 Å². The molecule has 1 atom stereocenters. The van der Waals surface area contributed by atoms with E-state index < -0.39 is 12.1 Å². The van der Waals surface area contributed by atoms with Gasteiger partial charge in [-0.1, -0.05) is 23.7 Å². The van der Waals surface area contributed by atoms with Crippen LogP contribution < -0.4 is 4.74 Å². The zero-order valence-corrected chi connectivity index (χ0v) is 14.8. The molecule has 0 aliphatic rings. The second-order valence-electron chi connectivity index (χ2n) is 5.56. The minimum absolute atomic E-state index is 0.0725. The highest BCUT2D eigenvalue weighted by Crippen LogP contribution is 2.24. The summed E-state index contributed by atoms with van der Waals surface area (Å²) in [6.07, 6.45) is -0.821. The van der Waals surface area contributed by atoms with E-state index in [1.54, 1.807) is 24.6 Å². The molecule has 3 aromatic rings. The van der Waals surface area contributed by atoms with Gasteiger partial charge in [-0.2, -0.15) is 0 Å². The van der Waals surface area contributed by atoms with Crippen LogP contribution in [0.4, 0.5) is 0 Å². The minimum Gasteiger partial charge on any atom is -0.461 e. The summed E-state index contributed by atoms with van der Waals surface area (Å²) in [7, 11) is 1.82. The van der Waals surface area contributed by atoms with Crippen molar-refractivity contribution >= 4 is 28.5 Å². The summed E-state index contributed by atoms with van der Waals surface area (Å²) < 4.78 is 12.6. The molecule has 0 fully saturated rings. The molecule has 25 heavy (non-hydrogen) atoms. The van der Waals surface area contributed by atoms with Crippen molar-refractivity contribution < 1.29 is 14.3 Å². The number of hydrogen-bond acceptors (Lipinski definition) is 6. The molecule has 2 aromatic heterocycles. The summed E-state index contributed by atoms with van der Waals surface area (Å²) >= 11 is 5.87. The molecule has 7 nitrogen and oxygen atoms in total. The number of carbonyl (C=O) groups excluding carboxylic acids is 1. The van der Waals surface area contributed by atoms with Gasteiger partial charge in [-0.05, 0) is 32.0 Å². The Bertz CT molecular complexity index is 905. The van der Waals surface area contributed by atoms with E-state index in [1.807, 2.05) is 31.3 Å². The Morgan fingerprint density at radius 2 is 2.08 bits per heavy atom. The zero-order valence-electron chi connectivity index (χ0n) is 14.1. The molecule has 0 N–H and O–H groups in total. The smallest absolute Gasteiger partial charge is 0.347 e. The SMILES string of the molecule is Cc1cc(Cl)nc(COC(=O)C(C)Oc2nn(C)c3ccccc23)n1. The lowest BCUT2D eigenvalue weighted by molar-refractivity contribution is -0.152. The predicted molar refractivity (Wildman–Crippen MR) is 92.4 cm³/mol. The molecule has 1 aromatic carbocycles. The Balaban J connectivity index is 1.66. The number of ether oxygens (including phenoxy) is 2. The molecule has 0 saturated carbocycles. The van der Waals surface area contributed by atoms with Gasteiger partial charge in [0.05, 0.1) is 10.9 Å². The van der Waals surface area contributed by atoms with Gasteiger partial charge in [0.15, 0.2) is 18.5 Å². The summed E-state index contributed by atoms with van der Waals surface area (Å²) in [5.74, 6) is 0.196. The van der Waals surface area contributed by atoms with Crippen molar-refractivity contribution in [3.05, 3.63) is 47.0 Å². The van der Waals surface area contributed by atoms with E-state index in [1.165, 1.54) is 0 Å². The lowest BCUT2D eigenvalue weighted by Crippen LogP contribution is -2.26. The average molecular weight is 361 g/mol. The lowest BCUT2D eigenvalue weighted by atomic mass is 10.2. The number of esters is 1. The fourth-order valence-corrected chi connectivity index (χ4v) is 2.65. The van der Waals surface area contributed by atoms with Crippen LogP contribution in [-0.2, 0) is 23.2 Å². The van der Waals surface area contributed by atoms with Crippen molar-refractivity contribution in [3.63, 3.8) is 0 Å². The van der Waals surface area contributed by atoms with Crippen molar-refractivity contribution in [3.8, 4) is 5.88 Å². The van der Waals surface area contributed by atoms with E-state index in [0.717, 1.165) is 10.9 Å². The maximum atomic E-state index is 12.2. The van der Waals surface area contributed by atoms with Crippen molar-refractivity contribution in [2.45, 2.75) is 26.6 Å². The molecule has 0 saturated heterocycles. The Kier molecular flexibility index (Phi) is 4.85. The first-order chi connectivity index (χ1) is 11.9. The zero-order chi connectivity index (χ0) is 18.0. The lowest BCUT2D eigenvalue weighted by Gasteiger charge is -2.12. The molecule has 0 aliphatic carbocycles. The van der Waals surface area contributed by atoms with Crippen LogP contribution in [-0.4, -0.2) is 31.8 Å². The van der Waals surface area contributed by atoms with Crippen LogP contribution in [0.2, 0.25) is 5.15 Å². The van der Waals surface area contributed by atoms with Crippen LogP contribution in [0.5, 0.6) is 5.88 Å². The molecule has 3 rings (SSSR count). The van der Waals surface area contributed by atoms with Crippen LogP contribution in [0.3, 0.4) is 0 Å². The standard InChI is InChI=1S/C17H17ClN4O3/c1-10-8-14(18)20-15(19-10)9-24-17(23)11(2)25-16-12-6-4-5-7-13(12)22(3)21-16/h4-8,11H,9H2,1-3H3. The van der Waals surface area contributed by atoms with Gasteiger partial charge in [-0.3, -0.25) is 4.68 Å². The molecular formula is C17H17ClN4O3. The molecule has 0 spiro atoms. The molecule has 8 heteroatoms. The van der Waals surface area contributed by atoms with Crippen LogP contribution in [0.15, 0.2) is 30.3 Å². The third kappa shape index (κ3) is 3.88. The number of carbonyl (C=O) groups is 1. The number of aryl methyl sites for hydroxylation is 2. The molecule has 0 amide bonds. The second kappa shape index (κ2) is 7.06. The average Bonchev–Trinajstić information content (AvgIpc) is 2.88. The molecule has 2 heterocycles. The van der Waals surface area contributed by atoms with Gasteiger partial charge in [0.25, 0.3) is 0 Å².